The average molecular weight is 831 g/mol. The number of amides is 2. The van der Waals surface area contributed by atoms with Crippen LogP contribution in [0.25, 0.3) is 16.1 Å². The summed E-state index contributed by atoms with van der Waals surface area (Å²) in [6.45, 7) is 6.18. The summed E-state index contributed by atoms with van der Waals surface area (Å²) in [4.78, 5) is 60.3. The molecular weight excluding hydrogens is 788 g/mol. The fourth-order valence-electron chi connectivity index (χ4n) is 7.12. The number of rotatable bonds is 15. The van der Waals surface area contributed by atoms with E-state index in [1.807, 2.05) is 48.0 Å². The molecule has 2 amide bonds. The lowest BCUT2D eigenvalue weighted by atomic mass is 9.99. The van der Waals surface area contributed by atoms with Gasteiger partial charge in [0.1, 0.15) is 23.4 Å². The van der Waals surface area contributed by atoms with Gasteiger partial charge in [-0.3, -0.25) is 33.7 Å². The number of unbranched alkanes of at least 4 members (excludes halogenated alkanes) is 3. The van der Waals surface area contributed by atoms with Crippen molar-refractivity contribution in [2.24, 2.45) is 4.99 Å². The topological polar surface area (TPSA) is 173 Å². The van der Waals surface area contributed by atoms with Gasteiger partial charge in [0.2, 0.25) is 5.91 Å². The molecule has 0 aliphatic carbocycles. The number of halogens is 1. The second kappa shape index (κ2) is 18.1. The van der Waals surface area contributed by atoms with Crippen molar-refractivity contribution in [2.45, 2.75) is 71.9 Å². The summed E-state index contributed by atoms with van der Waals surface area (Å²) in [6, 6.07) is 19.0. The molecule has 1 aliphatic heterocycles. The third-order valence-electron chi connectivity index (χ3n) is 10.3. The number of fused-ring (bicyclic) bond motifs is 3. The zero-order chi connectivity index (χ0) is 41.6. The maximum Gasteiger partial charge on any atom is 0.323 e. The van der Waals surface area contributed by atoms with Crippen LogP contribution in [0, 0.1) is 20.8 Å². The number of aromatic nitrogens is 5. The number of carbonyl (C=O) groups is 3. The van der Waals surface area contributed by atoms with Gasteiger partial charge >= 0.3 is 5.97 Å². The van der Waals surface area contributed by atoms with E-state index in [4.69, 9.17) is 21.7 Å². The molecule has 6 aromatic rings. The number of aryl methyl sites for hydroxylation is 3. The molecule has 0 radical (unpaired) electrons. The van der Waals surface area contributed by atoms with Gasteiger partial charge in [0, 0.05) is 63.4 Å². The lowest BCUT2D eigenvalue weighted by Gasteiger charge is -2.13. The highest BCUT2D eigenvalue weighted by atomic mass is 35.5. The van der Waals surface area contributed by atoms with Gasteiger partial charge in [0.05, 0.1) is 17.8 Å². The minimum Gasteiger partial charge on any atom is -0.480 e. The van der Waals surface area contributed by atoms with E-state index in [0.717, 1.165) is 86.6 Å². The number of hydrogen-bond acceptors (Lipinski definition) is 9. The van der Waals surface area contributed by atoms with Crippen molar-refractivity contribution in [1.82, 2.24) is 29.6 Å². The summed E-state index contributed by atoms with van der Waals surface area (Å²) in [5, 5.41) is 25.5. The minimum atomic E-state index is -1.16. The number of carbonyl (C=O) groups excluding carboxylic acids is 2. The summed E-state index contributed by atoms with van der Waals surface area (Å²) < 4.78 is 3.07. The first-order valence-corrected chi connectivity index (χ1v) is 20.6. The fraction of sp³-hybridized carbons (Fsp3) is 0.273. The van der Waals surface area contributed by atoms with E-state index >= 15 is 0 Å². The third-order valence-corrected chi connectivity index (χ3v) is 11.7. The average Bonchev–Trinajstić information content (AvgIpc) is 3.70. The van der Waals surface area contributed by atoms with Crippen molar-refractivity contribution in [2.75, 3.05) is 11.9 Å². The van der Waals surface area contributed by atoms with Crippen LogP contribution in [0.3, 0.4) is 0 Å². The highest BCUT2D eigenvalue weighted by Crippen LogP contribution is 2.39. The molecule has 0 unspecified atom stereocenters. The predicted octanol–water partition coefficient (Wildman–Crippen LogP) is 7.67. The molecule has 7 rings (SSSR count). The molecule has 0 saturated carbocycles. The third kappa shape index (κ3) is 9.56. The van der Waals surface area contributed by atoms with E-state index in [1.165, 1.54) is 23.2 Å². The molecule has 0 fully saturated rings. The van der Waals surface area contributed by atoms with Gasteiger partial charge in [-0.05, 0) is 93.1 Å². The van der Waals surface area contributed by atoms with Crippen molar-refractivity contribution in [3.05, 3.63) is 145 Å². The molecule has 2 aromatic carbocycles. The van der Waals surface area contributed by atoms with Gasteiger partial charge in [-0.2, -0.15) is 0 Å². The number of carboxylic acid groups (broad SMARTS) is 1. The Kier molecular flexibility index (Phi) is 12.6. The predicted molar refractivity (Wildman–Crippen MR) is 229 cm³/mol. The molecule has 1 atom stereocenters. The number of carboxylic acids is 1. The van der Waals surface area contributed by atoms with Crippen molar-refractivity contribution in [3.63, 3.8) is 0 Å². The molecule has 59 heavy (non-hydrogen) atoms. The minimum absolute atomic E-state index is 0.0919. The zero-order valence-electron chi connectivity index (χ0n) is 32.9. The normalized spacial score (nSPS) is 13.2. The molecule has 13 nitrogen and oxygen atoms in total. The second-order valence-corrected chi connectivity index (χ2v) is 16.2. The molecule has 3 N–H and O–H groups in total. The lowest BCUT2D eigenvalue weighted by Crippen LogP contribution is -2.26. The van der Waals surface area contributed by atoms with Crippen LogP contribution in [0.2, 0.25) is 5.02 Å². The van der Waals surface area contributed by atoms with E-state index in [2.05, 4.69) is 45.7 Å². The van der Waals surface area contributed by atoms with Gasteiger partial charge in [0.15, 0.2) is 5.82 Å². The Hall–Kier alpha value is -6.25. The van der Waals surface area contributed by atoms with Crippen LogP contribution >= 0.6 is 22.9 Å². The summed E-state index contributed by atoms with van der Waals surface area (Å²) in [5.74, 6) is -0.243. The standard InChI is InChI=1S/C44H43ClN8O5S/c1-26-27(2)59-44-40(26)41(30-12-14-34(45)15-13-30)49-36(42-51-50-28(3)53(42)44)21-37(54)47-18-7-5-4-6-9-29-19-33(23-46-22-29)31-10-8-11-32(20-31)43(58)48-35-16-17-38(55)52(24-35)25-39(56)57/h8,10-17,19-20,22-24,36H,4-7,9,18,21,25H2,1-3H3,(H,47,54)(H,48,58)(H,56,57)/t36-/m0/s1. The Balaban J connectivity index is 0.907. The number of nitrogens with one attached hydrogen (secondary N) is 2. The maximum atomic E-state index is 13.4. The monoisotopic (exact) mass is 830 g/mol. The van der Waals surface area contributed by atoms with Crippen molar-refractivity contribution >= 4 is 52.1 Å². The van der Waals surface area contributed by atoms with Crippen LogP contribution in [0.5, 0.6) is 0 Å². The Morgan fingerprint density at radius 3 is 2.49 bits per heavy atom. The number of aliphatic imine (C=N–C) groups is 1. The van der Waals surface area contributed by atoms with Gasteiger partial charge < -0.3 is 20.3 Å². The second-order valence-electron chi connectivity index (χ2n) is 14.5. The molecule has 1 aliphatic rings. The molecule has 0 spiro atoms. The molecule has 0 saturated heterocycles. The first-order chi connectivity index (χ1) is 28.4. The summed E-state index contributed by atoms with van der Waals surface area (Å²) in [7, 11) is 0. The molecule has 15 heteroatoms. The highest BCUT2D eigenvalue weighted by molar-refractivity contribution is 7.15. The van der Waals surface area contributed by atoms with Gasteiger partial charge in [-0.15, -0.1) is 21.5 Å². The quantitative estimate of drug-likeness (QED) is 0.0885. The van der Waals surface area contributed by atoms with Crippen molar-refractivity contribution < 1.29 is 19.5 Å². The van der Waals surface area contributed by atoms with Crippen LogP contribution < -0.4 is 16.2 Å². The van der Waals surface area contributed by atoms with Crippen LogP contribution in [-0.4, -0.2) is 59.5 Å². The largest absolute Gasteiger partial charge is 0.480 e. The first-order valence-electron chi connectivity index (χ1n) is 19.4. The molecule has 4 aromatic heterocycles. The molecular formula is C44H43ClN8O5S. The van der Waals surface area contributed by atoms with Gasteiger partial charge in [-0.1, -0.05) is 48.7 Å². The first kappa shape index (κ1) is 40.9. The van der Waals surface area contributed by atoms with E-state index in [-0.39, 0.29) is 12.3 Å². The van der Waals surface area contributed by atoms with Crippen LogP contribution in [-0.2, 0) is 22.6 Å². The van der Waals surface area contributed by atoms with E-state index in [0.29, 0.717) is 28.6 Å². The number of nitrogens with zero attached hydrogens (tertiary/aromatic N) is 6. The number of pyridine rings is 2. The maximum absolute atomic E-state index is 13.4. The van der Waals surface area contributed by atoms with Gasteiger partial charge in [-0.25, -0.2) is 0 Å². The number of aliphatic carboxylic acids is 1. The van der Waals surface area contributed by atoms with Crippen LogP contribution in [0.1, 0.15) is 87.3 Å². The smallest absolute Gasteiger partial charge is 0.323 e. The molecule has 5 heterocycles. The van der Waals surface area contributed by atoms with Crippen LogP contribution in [0.4, 0.5) is 5.69 Å². The Bertz CT molecular complexity index is 2630. The van der Waals surface area contributed by atoms with Crippen LogP contribution in [0.15, 0.2) is 95.1 Å². The molecule has 0 bridgehead atoms. The summed E-state index contributed by atoms with van der Waals surface area (Å²) in [6.07, 6.45) is 9.63. The van der Waals surface area contributed by atoms with Crippen molar-refractivity contribution in [3.8, 4) is 16.1 Å². The number of thiophene rings is 1. The summed E-state index contributed by atoms with van der Waals surface area (Å²) >= 11 is 7.92. The fourth-order valence-corrected chi connectivity index (χ4v) is 8.46. The van der Waals surface area contributed by atoms with Crippen molar-refractivity contribution in [1.29, 1.82) is 0 Å². The highest BCUT2D eigenvalue weighted by Gasteiger charge is 2.32. The number of anilines is 1. The Morgan fingerprint density at radius 1 is 0.898 bits per heavy atom. The number of benzene rings is 2. The zero-order valence-corrected chi connectivity index (χ0v) is 34.4. The Morgan fingerprint density at radius 2 is 1.69 bits per heavy atom. The lowest BCUT2D eigenvalue weighted by molar-refractivity contribution is -0.137. The van der Waals surface area contributed by atoms with E-state index < -0.39 is 30.0 Å². The van der Waals surface area contributed by atoms with E-state index in [9.17, 15) is 19.2 Å². The number of hydrogen-bond donors (Lipinski definition) is 3. The summed E-state index contributed by atoms with van der Waals surface area (Å²) in [5.41, 5.74) is 6.93. The SMILES string of the molecule is Cc1sc2c(c1C)C(c1ccc(Cl)cc1)=N[C@@H](CC(=O)NCCCCCCc1cncc(-c3cccc(C(=O)Nc4ccc(=O)n(CC(=O)O)c4)c3)c1)c1nnc(C)n1-2. The van der Waals surface area contributed by atoms with E-state index in [1.54, 1.807) is 35.7 Å². The van der Waals surface area contributed by atoms with Gasteiger partial charge in [0.25, 0.3) is 11.5 Å². The Labute approximate surface area is 349 Å². The molecule has 302 valence electrons.